The third kappa shape index (κ3) is 5.19. The third-order valence-corrected chi connectivity index (χ3v) is 14.7. The quantitative estimate of drug-likeness (QED) is 0.172. The average molecular weight is 812 g/mol. The van der Waals surface area contributed by atoms with Crippen LogP contribution in [0.1, 0.15) is 90.5 Å². The molecule has 12 rings (SSSR count). The van der Waals surface area contributed by atoms with Gasteiger partial charge in [0.05, 0.1) is 5.41 Å². The summed E-state index contributed by atoms with van der Waals surface area (Å²) in [5.41, 5.74) is 13.3. The van der Waals surface area contributed by atoms with Crippen LogP contribution in [0.15, 0.2) is 163 Å². The molecule has 0 bridgehead atoms. The van der Waals surface area contributed by atoms with E-state index in [0.717, 1.165) is 70.3 Å². The van der Waals surface area contributed by atoms with E-state index in [1.54, 1.807) is 12.1 Å². The lowest BCUT2D eigenvalue weighted by molar-refractivity contribution is 0.163. The smallest absolute Gasteiger partial charge is 0.178 e. The van der Waals surface area contributed by atoms with Crippen molar-refractivity contribution in [1.29, 1.82) is 0 Å². The Kier molecular flexibility index (Phi) is 8.26. The summed E-state index contributed by atoms with van der Waals surface area (Å²) < 4.78 is 38.5. The van der Waals surface area contributed by atoms with Crippen LogP contribution in [0.3, 0.4) is 0 Å². The lowest BCUT2D eigenvalue weighted by atomic mass is 9.65. The highest BCUT2D eigenvalue weighted by molar-refractivity contribution is 6.08. The fourth-order valence-corrected chi connectivity index (χ4v) is 11.9. The highest BCUT2D eigenvalue weighted by Gasteiger charge is 2.49. The first kappa shape index (κ1) is 37.3. The van der Waals surface area contributed by atoms with Crippen LogP contribution < -0.4 is 9.64 Å². The van der Waals surface area contributed by atoms with Gasteiger partial charge in [0, 0.05) is 46.3 Å². The molecule has 0 N–H and O–H groups in total. The van der Waals surface area contributed by atoms with Crippen molar-refractivity contribution in [2.75, 3.05) is 18.0 Å². The molecule has 3 aliphatic carbocycles. The third-order valence-electron chi connectivity index (χ3n) is 14.7. The van der Waals surface area contributed by atoms with Gasteiger partial charge in [0.25, 0.3) is 0 Å². The van der Waals surface area contributed by atoms with Crippen LogP contribution in [0.4, 0.5) is 14.5 Å². The molecule has 2 aliphatic heterocycles. The van der Waals surface area contributed by atoms with Gasteiger partial charge in [-0.2, -0.15) is 0 Å². The topological polar surface area (TPSA) is 12.5 Å². The predicted molar refractivity (Wildman–Crippen MR) is 249 cm³/mol. The molecule has 0 amide bonds. The molecule has 7 aromatic rings. The van der Waals surface area contributed by atoms with Crippen LogP contribution in [-0.4, -0.2) is 13.1 Å². The number of ether oxygens (including phenoxy) is 1. The first-order valence-corrected chi connectivity index (χ1v) is 22.3. The van der Waals surface area contributed by atoms with Gasteiger partial charge in [-0.05, 0) is 142 Å². The van der Waals surface area contributed by atoms with Crippen molar-refractivity contribution in [3.8, 4) is 28.0 Å². The monoisotopic (exact) mass is 811 g/mol. The van der Waals surface area contributed by atoms with E-state index in [4.69, 9.17) is 4.74 Å². The molecule has 1 fully saturated rings. The van der Waals surface area contributed by atoms with E-state index in [0.29, 0.717) is 11.1 Å². The molecule has 0 saturated carbocycles. The number of hydrogen-bond acceptors (Lipinski definition) is 2. The summed E-state index contributed by atoms with van der Waals surface area (Å²) in [6.07, 6.45) is 17.2. The second-order valence-electron chi connectivity index (χ2n) is 18.3. The average Bonchev–Trinajstić information content (AvgIpc) is 3.75. The normalized spacial score (nSPS) is 21.4. The number of halogens is 2. The van der Waals surface area contributed by atoms with Gasteiger partial charge in [-0.15, -0.1) is 0 Å². The van der Waals surface area contributed by atoms with Crippen molar-refractivity contribution in [1.82, 2.24) is 0 Å². The van der Waals surface area contributed by atoms with E-state index >= 15 is 8.78 Å². The number of allylic oxidation sites excluding steroid dienone is 4. The molecular formula is C58H47F2NO. The van der Waals surface area contributed by atoms with Gasteiger partial charge in [0.15, 0.2) is 5.60 Å². The van der Waals surface area contributed by atoms with E-state index in [1.807, 2.05) is 12.1 Å². The van der Waals surface area contributed by atoms with Gasteiger partial charge >= 0.3 is 0 Å². The molecule has 2 unspecified atom stereocenters. The van der Waals surface area contributed by atoms with Crippen LogP contribution in [0.25, 0.3) is 39.1 Å². The summed E-state index contributed by atoms with van der Waals surface area (Å²) in [7, 11) is 0. The van der Waals surface area contributed by atoms with E-state index in [2.05, 4.69) is 146 Å². The first-order valence-electron chi connectivity index (χ1n) is 22.3. The van der Waals surface area contributed by atoms with Crippen LogP contribution in [-0.2, 0) is 16.4 Å². The number of hydrogen-bond donors (Lipinski definition) is 0. The number of piperidine rings is 1. The van der Waals surface area contributed by atoms with E-state index in [9.17, 15) is 0 Å². The molecule has 2 atom stereocenters. The Balaban J connectivity index is 1.13. The van der Waals surface area contributed by atoms with E-state index < -0.39 is 16.4 Å². The van der Waals surface area contributed by atoms with Gasteiger partial charge in [-0.1, -0.05) is 129 Å². The fraction of sp³-hybridized carbons (Fsp3) is 0.207. The minimum Gasteiger partial charge on any atom is -0.472 e. The Morgan fingerprint density at radius 1 is 0.581 bits per heavy atom. The number of nitrogens with zero attached hydrogens (tertiary/aromatic N) is 1. The zero-order valence-electron chi connectivity index (χ0n) is 35.1. The van der Waals surface area contributed by atoms with Crippen LogP contribution in [0.5, 0.6) is 5.75 Å². The van der Waals surface area contributed by atoms with Crippen molar-refractivity contribution in [2.45, 2.75) is 62.4 Å². The van der Waals surface area contributed by atoms with E-state index in [-0.39, 0.29) is 11.6 Å². The zero-order valence-corrected chi connectivity index (χ0v) is 35.1. The molecule has 2 heterocycles. The second kappa shape index (κ2) is 13.7. The van der Waals surface area contributed by atoms with Gasteiger partial charge in [-0.25, -0.2) is 8.78 Å². The maximum Gasteiger partial charge on any atom is 0.178 e. The molecule has 1 saturated heterocycles. The number of anilines is 1. The molecule has 7 aromatic carbocycles. The predicted octanol–water partition coefficient (Wildman–Crippen LogP) is 14.4. The standard InChI is InChI=1S/C58H47F2NO/c1-56(2)51-36-42(60)24-29-47(51)53-46-28-23-41(59)35-49(46)55-48(54(53)56)30-31-57(62-55,37-20-25-43(26-21-37)61-32-12-5-13-33-61)40-22-27-45-44-18-10-11-19-50(44)58(52(45)34-40,38-14-6-3-7-15-38)39-16-8-4-9-17-39/h3,6-8,10-11,14-31,34-36H,4-5,9,12-13,32-33H2,1-2H3. The summed E-state index contributed by atoms with van der Waals surface area (Å²) in [6.45, 7) is 6.43. The second-order valence-corrected chi connectivity index (χ2v) is 18.3. The van der Waals surface area contributed by atoms with Crippen molar-refractivity contribution >= 4 is 22.5 Å². The summed E-state index contributed by atoms with van der Waals surface area (Å²) in [5, 5.41) is 1.60. The highest BCUT2D eigenvalue weighted by atomic mass is 19.1. The first-order chi connectivity index (χ1) is 30.3. The summed E-state index contributed by atoms with van der Waals surface area (Å²) >= 11 is 0. The lowest BCUT2D eigenvalue weighted by Gasteiger charge is -2.40. The van der Waals surface area contributed by atoms with Gasteiger partial charge in [0.1, 0.15) is 17.4 Å². The Labute approximate surface area is 362 Å². The molecule has 4 heteroatoms. The van der Waals surface area contributed by atoms with Crippen LogP contribution in [0, 0.1) is 11.6 Å². The SMILES string of the molecule is CC1(C)c2cc(F)ccc2-c2c1c1c(c3cc(F)ccc23)OC(c2ccc(N3CCCCC3)cc2)(c2ccc3c(c2)C(C2=CCCC=C2)(c2ccccc2)c2ccccc2-3)C=C1. The molecule has 0 aromatic heterocycles. The van der Waals surface area contributed by atoms with Crippen molar-refractivity contribution in [3.05, 3.63) is 219 Å². The Bertz CT molecular complexity index is 3080. The highest BCUT2D eigenvalue weighted by Crippen LogP contribution is 2.61. The summed E-state index contributed by atoms with van der Waals surface area (Å²) in [6, 6.07) is 45.9. The van der Waals surface area contributed by atoms with E-state index in [1.165, 1.54) is 70.5 Å². The summed E-state index contributed by atoms with van der Waals surface area (Å²) in [4.78, 5) is 2.49. The Hall–Kier alpha value is -6.52. The number of fused-ring (bicyclic) bond motifs is 11. The molecule has 304 valence electrons. The number of benzene rings is 7. The maximum atomic E-state index is 15.7. The molecule has 0 radical (unpaired) electrons. The minimum atomic E-state index is -1.09. The Morgan fingerprint density at radius 3 is 2.11 bits per heavy atom. The van der Waals surface area contributed by atoms with Crippen molar-refractivity contribution in [3.63, 3.8) is 0 Å². The minimum absolute atomic E-state index is 0.266. The molecular weight excluding hydrogens is 765 g/mol. The Morgan fingerprint density at radius 2 is 1.31 bits per heavy atom. The zero-order chi connectivity index (χ0) is 41.8. The fourth-order valence-electron chi connectivity index (χ4n) is 11.9. The maximum absolute atomic E-state index is 15.7. The largest absolute Gasteiger partial charge is 0.472 e. The number of rotatable bonds is 5. The van der Waals surface area contributed by atoms with Gasteiger partial charge < -0.3 is 9.64 Å². The van der Waals surface area contributed by atoms with Crippen molar-refractivity contribution in [2.24, 2.45) is 0 Å². The van der Waals surface area contributed by atoms with Crippen molar-refractivity contribution < 1.29 is 13.5 Å². The lowest BCUT2D eigenvalue weighted by Crippen LogP contribution is -2.36. The van der Waals surface area contributed by atoms with Gasteiger partial charge in [0.2, 0.25) is 0 Å². The van der Waals surface area contributed by atoms with Gasteiger partial charge in [-0.3, -0.25) is 0 Å². The molecule has 62 heavy (non-hydrogen) atoms. The molecule has 0 spiro atoms. The van der Waals surface area contributed by atoms with Crippen LogP contribution in [0.2, 0.25) is 0 Å². The molecule has 5 aliphatic rings. The van der Waals surface area contributed by atoms with Crippen LogP contribution >= 0.6 is 0 Å². The molecule has 2 nitrogen and oxygen atoms in total. The summed E-state index contributed by atoms with van der Waals surface area (Å²) in [5.74, 6) is 0.0401.